The fourth-order valence-corrected chi connectivity index (χ4v) is 3.55. The smallest absolute Gasteiger partial charge is 0.146 e. The molecule has 0 radical (unpaired) electrons. The Hall–Kier alpha value is 0.400. The highest BCUT2D eigenvalue weighted by molar-refractivity contribution is 9.09. The molecule has 0 saturated carbocycles. The maximum atomic E-state index is 5.32. The van der Waals surface area contributed by atoms with Crippen LogP contribution in [-0.4, -0.2) is 25.3 Å². The number of hydrogen-bond donors (Lipinski definition) is 0. The van der Waals surface area contributed by atoms with E-state index in [1.54, 1.807) is 7.11 Å². The van der Waals surface area contributed by atoms with Crippen LogP contribution in [0.3, 0.4) is 0 Å². The Morgan fingerprint density at radius 2 is 1.47 bits per heavy atom. The first-order valence-electron chi connectivity index (χ1n) is 7.66. The van der Waals surface area contributed by atoms with Crippen LogP contribution in [0.1, 0.15) is 59.8 Å². The zero-order valence-corrected chi connectivity index (χ0v) is 15.0. The largest absolute Gasteiger partial charge is 0.359 e. The second kappa shape index (κ2) is 12.2. The predicted octanol–water partition coefficient (Wildman–Crippen LogP) is 5.25. The van der Waals surface area contributed by atoms with Gasteiger partial charge in [0.25, 0.3) is 0 Å². The van der Waals surface area contributed by atoms with Crippen molar-refractivity contribution in [2.75, 3.05) is 20.5 Å². The zero-order chi connectivity index (χ0) is 14.7. The zero-order valence-electron chi connectivity index (χ0n) is 13.5. The molecule has 4 unspecified atom stereocenters. The molecule has 0 fully saturated rings. The van der Waals surface area contributed by atoms with Crippen molar-refractivity contribution in [3.8, 4) is 0 Å². The van der Waals surface area contributed by atoms with Gasteiger partial charge in [-0.15, -0.1) is 0 Å². The molecule has 0 saturated heterocycles. The normalized spacial score (nSPS) is 18.0. The van der Waals surface area contributed by atoms with Crippen LogP contribution in [0.2, 0.25) is 0 Å². The van der Waals surface area contributed by atoms with Gasteiger partial charge in [0.1, 0.15) is 6.79 Å². The van der Waals surface area contributed by atoms with E-state index >= 15 is 0 Å². The quantitative estimate of drug-likeness (QED) is 0.275. The molecule has 0 heterocycles. The fraction of sp³-hybridized carbons (Fsp3) is 1.00. The van der Waals surface area contributed by atoms with Gasteiger partial charge in [0, 0.05) is 18.5 Å². The van der Waals surface area contributed by atoms with Crippen molar-refractivity contribution in [2.45, 2.75) is 64.6 Å². The SMILES string of the molecule is COCOCCCC(C)CC(C)CC(C)CC(C)Br. The van der Waals surface area contributed by atoms with Gasteiger partial charge in [0.2, 0.25) is 0 Å². The highest BCUT2D eigenvalue weighted by Crippen LogP contribution is 2.25. The lowest BCUT2D eigenvalue weighted by molar-refractivity contribution is -0.0323. The van der Waals surface area contributed by atoms with E-state index in [0.29, 0.717) is 11.6 Å². The van der Waals surface area contributed by atoms with Crippen LogP contribution in [0.5, 0.6) is 0 Å². The minimum atomic E-state index is 0.424. The molecule has 0 aromatic rings. The molecule has 0 N–H and O–H groups in total. The maximum Gasteiger partial charge on any atom is 0.146 e. The van der Waals surface area contributed by atoms with Gasteiger partial charge in [-0.05, 0) is 49.9 Å². The number of hydrogen-bond acceptors (Lipinski definition) is 2. The average molecular weight is 337 g/mol. The summed E-state index contributed by atoms with van der Waals surface area (Å²) in [5.74, 6) is 2.45. The maximum absolute atomic E-state index is 5.32. The van der Waals surface area contributed by atoms with E-state index in [0.717, 1.165) is 30.8 Å². The third kappa shape index (κ3) is 13.1. The summed E-state index contributed by atoms with van der Waals surface area (Å²) in [6.07, 6.45) is 6.37. The molecule has 0 spiro atoms. The lowest BCUT2D eigenvalue weighted by atomic mass is 9.86. The number of alkyl halides is 1. The minimum Gasteiger partial charge on any atom is -0.359 e. The van der Waals surface area contributed by atoms with Crippen LogP contribution in [0.15, 0.2) is 0 Å². The van der Waals surface area contributed by atoms with E-state index in [4.69, 9.17) is 9.47 Å². The molecule has 2 nitrogen and oxygen atoms in total. The van der Waals surface area contributed by atoms with E-state index in [1.807, 2.05) is 0 Å². The van der Waals surface area contributed by atoms with Crippen molar-refractivity contribution >= 4 is 15.9 Å². The van der Waals surface area contributed by atoms with Gasteiger partial charge in [0.15, 0.2) is 0 Å². The van der Waals surface area contributed by atoms with E-state index in [2.05, 4.69) is 43.6 Å². The molecule has 3 heteroatoms. The number of ether oxygens (including phenoxy) is 2. The Kier molecular flexibility index (Phi) is 12.4. The molecular weight excluding hydrogens is 304 g/mol. The molecule has 0 aliphatic carbocycles. The third-order valence-electron chi connectivity index (χ3n) is 3.52. The Morgan fingerprint density at radius 3 is 2.05 bits per heavy atom. The van der Waals surface area contributed by atoms with E-state index < -0.39 is 0 Å². The molecule has 0 rings (SSSR count). The summed E-state index contributed by atoms with van der Waals surface area (Å²) in [5, 5.41) is 0. The molecule has 0 bridgehead atoms. The molecular formula is C16H33BrO2. The van der Waals surface area contributed by atoms with E-state index in [-0.39, 0.29) is 0 Å². The second-order valence-electron chi connectivity index (χ2n) is 6.26. The summed E-state index contributed by atoms with van der Waals surface area (Å²) < 4.78 is 10.2. The average Bonchev–Trinajstić information content (AvgIpc) is 2.26. The van der Waals surface area contributed by atoms with Crippen LogP contribution in [0, 0.1) is 17.8 Å². The number of rotatable bonds is 12. The molecule has 0 aliphatic heterocycles. The van der Waals surface area contributed by atoms with Crippen molar-refractivity contribution in [2.24, 2.45) is 17.8 Å². The van der Waals surface area contributed by atoms with Crippen LogP contribution in [-0.2, 0) is 9.47 Å². The Morgan fingerprint density at radius 1 is 0.895 bits per heavy atom. The summed E-state index contributed by atoms with van der Waals surface area (Å²) in [6.45, 7) is 10.6. The first-order valence-corrected chi connectivity index (χ1v) is 8.58. The number of methoxy groups -OCH3 is 1. The van der Waals surface area contributed by atoms with Gasteiger partial charge in [-0.25, -0.2) is 0 Å². The summed E-state index contributed by atoms with van der Waals surface area (Å²) >= 11 is 3.65. The lowest BCUT2D eigenvalue weighted by Crippen LogP contribution is -2.10. The summed E-state index contributed by atoms with van der Waals surface area (Å²) in [4.78, 5) is 0.644. The predicted molar refractivity (Wildman–Crippen MR) is 86.8 cm³/mol. The first-order chi connectivity index (χ1) is 8.95. The summed E-state index contributed by atoms with van der Waals surface area (Å²) in [6, 6.07) is 0. The van der Waals surface area contributed by atoms with Crippen molar-refractivity contribution in [1.29, 1.82) is 0 Å². The second-order valence-corrected chi connectivity index (χ2v) is 7.82. The van der Waals surface area contributed by atoms with Crippen molar-refractivity contribution in [3.63, 3.8) is 0 Å². The Bertz CT molecular complexity index is 197. The highest BCUT2D eigenvalue weighted by atomic mass is 79.9. The van der Waals surface area contributed by atoms with Crippen molar-refractivity contribution < 1.29 is 9.47 Å². The van der Waals surface area contributed by atoms with Gasteiger partial charge in [-0.2, -0.15) is 0 Å². The van der Waals surface area contributed by atoms with Crippen molar-refractivity contribution in [3.05, 3.63) is 0 Å². The Labute approximate surface area is 128 Å². The molecule has 0 aliphatic rings. The summed E-state index contributed by atoms with van der Waals surface area (Å²) in [5.41, 5.74) is 0. The minimum absolute atomic E-state index is 0.424. The van der Waals surface area contributed by atoms with E-state index in [9.17, 15) is 0 Å². The van der Waals surface area contributed by atoms with Crippen LogP contribution in [0.25, 0.3) is 0 Å². The van der Waals surface area contributed by atoms with Gasteiger partial charge >= 0.3 is 0 Å². The highest BCUT2D eigenvalue weighted by Gasteiger charge is 2.13. The number of halogens is 1. The van der Waals surface area contributed by atoms with Gasteiger partial charge in [0.05, 0.1) is 0 Å². The molecule has 19 heavy (non-hydrogen) atoms. The van der Waals surface area contributed by atoms with Gasteiger partial charge in [-0.3, -0.25) is 0 Å². The molecule has 0 aromatic carbocycles. The van der Waals surface area contributed by atoms with Crippen LogP contribution < -0.4 is 0 Å². The van der Waals surface area contributed by atoms with Crippen molar-refractivity contribution in [1.82, 2.24) is 0 Å². The third-order valence-corrected chi connectivity index (χ3v) is 3.90. The van der Waals surface area contributed by atoms with Gasteiger partial charge in [-0.1, -0.05) is 43.6 Å². The summed E-state index contributed by atoms with van der Waals surface area (Å²) in [7, 11) is 1.67. The topological polar surface area (TPSA) is 18.5 Å². The van der Waals surface area contributed by atoms with Crippen LogP contribution in [0.4, 0.5) is 0 Å². The van der Waals surface area contributed by atoms with Crippen LogP contribution >= 0.6 is 15.9 Å². The van der Waals surface area contributed by atoms with Gasteiger partial charge < -0.3 is 9.47 Å². The molecule has 0 aromatic heterocycles. The first kappa shape index (κ1) is 19.4. The lowest BCUT2D eigenvalue weighted by Gasteiger charge is -2.21. The standard InChI is InChI=1S/C16H33BrO2/c1-13(7-6-8-19-12-18-5)9-14(2)10-15(3)11-16(4)17/h13-16H,6-12H2,1-5H3. The van der Waals surface area contributed by atoms with E-state index in [1.165, 1.54) is 25.7 Å². The monoisotopic (exact) mass is 336 g/mol. The molecule has 0 amide bonds. The Balaban J connectivity index is 3.59. The molecule has 4 atom stereocenters. The fourth-order valence-electron chi connectivity index (χ4n) is 2.91. The molecule has 116 valence electrons.